The van der Waals surface area contributed by atoms with Crippen LogP contribution in [0, 0.1) is 0 Å². The van der Waals surface area contributed by atoms with Crippen LogP contribution in [0.1, 0.15) is 5.56 Å². The van der Waals surface area contributed by atoms with Gasteiger partial charge in [0.15, 0.2) is 13.9 Å². The fraction of sp³-hybridized carbons (Fsp3) is 0.0196. The van der Waals surface area contributed by atoms with Crippen molar-refractivity contribution in [3.8, 4) is 0 Å². The van der Waals surface area contributed by atoms with Gasteiger partial charge in [0.05, 0.1) is 22.1 Å². The number of fused-ring (bicyclic) bond motifs is 6. The van der Waals surface area contributed by atoms with Crippen LogP contribution in [0.25, 0.3) is 43.6 Å². The number of rotatable bonds is 7. The van der Waals surface area contributed by atoms with E-state index in [1.807, 2.05) is 16.7 Å². The smallest absolute Gasteiger partial charge is 0.207 e. The maximum absolute atomic E-state index is 7.10. The van der Waals surface area contributed by atoms with Gasteiger partial charge in [-0.3, -0.25) is 4.57 Å². The molecule has 0 saturated heterocycles. The third-order valence-corrected chi connectivity index (χ3v) is 16.1. The Morgan fingerprint density at radius 1 is 0.404 bits per heavy atom. The molecule has 0 bridgehead atoms. The highest BCUT2D eigenvalue weighted by atomic mass is 28.3. The molecule has 2 N–H and O–H groups in total. The predicted molar refractivity (Wildman–Crippen MR) is 243 cm³/mol. The van der Waals surface area contributed by atoms with E-state index in [4.69, 9.17) is 15.7 Å². The van der Waals surface area contributed by atoms with Crippen LogP contribution in [0.3, 0.4) is 0 Å². The molecule has 0 aliphatic heterocycles. The molecule has 5 nitrogen and oxygen atoms in total. The van der Waals surface area contributed by atoms with E-state index in [2.05, 4.69) is 205 Å². The van der Waals surface area contributed by atoms with Gasteiger partial charge in [-0.1, -0.05) is 188 Å². The quantitative estimate of drug-likeness (QED) is 0.0756. The second-order valence-electron chi connectivity index (χ2n) is 14.4. The fourth-order valence-corrected chi connectivity index (χ4v) is 13.5. The molecule has 6 heteroatoms. The number of nitrogens with two attached hydrogens (primary N) is 1. The van der Waals surface area contributed by atoms with Gasteiger partial charge in [0.25, 0.3) is 0 Å². The molecule has 0 spiro atoms. The van der Waals surface area contributed by atoms with Crippen LogP contribution in [-0.4, -0.2) is 29.0 Å². The summed E-state index contributed by atoms with van der Waals surface area (Å²) in [6.07, 6.45) is 0. The Morgan fingerprint density at radius 3 is 1.19 bits per heavy atom. The SMILES string of the molecule is NC(=N/C(=N\Cn1c2ccccc2c2ccccc21)c1ccc([Si](c2ccccc2)(c2ccccc2)c2ccccc2)cc1)n1c2ccccc2c2ccccc21. The molecule has 0 saturated carbocycles. The first-order valence-electron chi connectivity index (χ1n) is 19.3. The molecule has 2 aromatic heterocycles. The minimum Gasteiger partial charge on any atom is -0.369 e. The van der Waals surface area contributed by atoms with Gasteiger partial charge in [0, 0.05) is 27.1 Å². The van der Waals surface area contributed by atoms with E-state index >= 15 is 0 Å². The van der Waals surface area contributed by atoms with Crippen LogP contribution in [-0.2, 0) is 6.67 Å². The van der Waals surface area contributed by atoms with Crippen molar-refractivity contribution >= 4 is 84.2 Å². The van der Waals surface area contributed by atoms with E-state index in [9.17, 15) is 0 Å². The molecule has 8 aromatic carbocycles. The molecule has 0 radical (unpaired) electrons. The summed E-state index contributed by atoms with van der Waals surface area (Å²) in [5.41, 5.74) is 12.2. The molecule has 0 fully saturated rings. The molecule has 57 heavy (non-hydrogen) atoms. The van der Waals surface area contributed by atoms with Crippen LogP contribution < -0.4 is 26.5 Å². The Balaban J connectivity index is 1.17. The Morgan fingerprint density at radius 2 is 0.754 bits per heavy atom. The van der Waals surface area contributed by atoms with Gasteiger partial charge in [-0.2, -0.15) is 4.99 Å². The molecule has 272 valence electrons. The van der Waals surface area contributed by atoms with Crippen LogP contribution >= 0.6 is 0 Å². The molecule has 0 aliphatic carbocycles. The summed E-state index contributed by atoms with van der Waals surface area (Å²) in [4.78, 5) is 10.5. The first-order valence-corrected chi connectivity index (χ1v) is 21.3. The summed E-state index contributed by atoms with van der Waals surface area (Å²) in [5, 5.41) is 9.90. The normalized spacial score (nSPS) is 12.6. The Kier molecular flexibility index (Phi) is 8.66. The number of para-hydroxylation sites is 4. The van der Waals surface area contributed by atoms with Crippen molar-refractivity contribution in [2.45, 2.75) is 6.67 Å². The highest BCUT2D eigenvalue weighted by Crippen LogP contribution is 2.30. The molecule has 0 atom stereocenters. The molecule has 2 heterocycles. The van der Waals surface area contributed by atoms with Gasteiger partial charge >= 0.3 is 0 Å². The van der Waals surface area contributed by atoms with Gasteiger partial charge in [-0.15, -0.1) is 0 Å². The molecule has 10 rings (SSSR count). The summed E-state index contributed by atoms with van der Waals surface area (Å²) in [6.45, 7) is 0.367. The van der Waals surface area contributed by atoms with Gasteiger partial charge in [0.2, 0.25) is 5.96 Å². The first kappa shape index (κ1) is 34.2. The van der Waals surface area contributed by atoms with Crippen molar-refractivity contribution in [2.75, 3.05) is 0 Å². The summed E-state index contributed by atoms with van der Waals surface area (Å²) in [6, 6.07) is 75.6. The molecule has 0 unspecified atom stereocenters. The van der Waals surface area contributed by atoms with E-state index in [1.165, 1.54) is 31.5 Å². The van der Waals surface area contributed by atoms with Crippen molar-refractivity contribution in [3.63, 3.8) is 0 Å². The van der Waals surface area contributed by atoms with Crippen molar-refractivity contribution in [1.29, 1.82) is 0 Å². The van der Waals surface area contributed by atoms with E-state index in [1.54, 1.807) is 0 Å². The average Bonchev–Trinajstić information content (AvgIpc) is 3.79. The summed E-state index contributed by atoms with van der Waals surface area (Å²) < 4.78 is 4.32. The van der Waals surface area contributed by atoms with Gasteiger partial charge in [-0.25, -0.2) is 4.99 Å². The monoisotopic (exact) mass is 749 g/mol. The molecular formula is C51H39N5Si. The Bertz CT molecular complexity index is 2890. The largest absolute Gasteiger partial charge is 0.369 e. The number of amidine groups is 1. The highest BCUT2D eigenvalue weighted by Gasteiger charge is 2.41. The second-order valence-corrected chi connectivity index (χ2v) is 18.2. The zero-order valence-electron chi connectivity index (χ0n) is 31.3. The molecule has 10 aromatic rings. The van der Waals surface area contributed by atoms with Crippen LogP contribution in [0.5, 0.6) is 0 Å². The number of aromatic nitrogens is 2. The Hall–Kier alpha value is -7.28. The van der Waals surface area contributed by atoms with E-state index in [-0.39, 0.29) is 0 Å². The third kappa shape index (κ3) is 5.77. The maximum atomic E-state index is 7.10. The number of aliphatic imine (C=N–C) groups is 2. The minimum absolute atomic E-state index is 0.360. The van der Waals surface area contributed by atoms with Gasteiger partial charge in [0.1, 0.15) is 6.67 Å². The number of benzene rings is 8. The van der Waals surface area contributed by atoms with Crippen molar-refractivity contribution in [1.82, 2.24) is 9.13 Å². The lowest BCUT2D eigenvalue weighted by Gasteiger charge is -2.34. The van der Waals surface area contributed by atoms with Crippen LogP contribution in [0.2, 0.25) is 0 Å². The predicted octanol–water partition coefficient (Wildman–Crippen LogP) is 8.55. The zero-order valence-corrected chi connectivity index (χ0v) is 32.3. The Labute approximate surface area is 332 Å². The lowest BCUT2D eigenvalue weighted by atomic mass is 10.2. The van der Waals surface area contributed by atoms with Crippen molar-refractivity contribution in [2.24, 2.45) is 15.7 Å². The van der Waals surface area contributed by atoms with E-state index in [0.717, 1.165) is 38.4 Å². The number of hydrogen-bond acceptors (Lipinski definition) is 1. The number of hydrogen-bond donors (Lipinski definition) is 1. The minimum atomic E-state index is -2.73. The fourth-order valence-electron chi connectivity index (χ4n) is 8.75. The van der Waals surface area contributed by atoms with Crippen molar-refractivity contribution < 1.29 is 0 Å². The average molecular weight is 750 g/mol. The van der Waals surface area contributed by atoms with Gasteiger partial charge in [-0.05, 0) is 45.0 Å². The van der Waals surface area contributed by atoms with Crippen LogP contribution in [0.15, 0.2) is 222 Å². The second kappa shape index (κ2) is 14.4. The molecule has 0 aliphatic rings. The highest BCUT2D eigenvalue weighted by molar-refractivity contribution is 7.19. The van der Waals surface area contributed by atoms with E-state index in [0.29, 0.717) is 18.5 Å². The first-order chi connectivity index (χ1) is 28.2. The molecular weight excluding hydrogens is 711 g/mol. The molecule has 0 amide bonds. The zero-order chi connectivity index (χ0) is 38.2. The lowest BCUT2D eigenvalue weighted by Crippen LogP contribution is -2.74. The maximum Gasteiger partial charge on any atom is 0.207 e. The topological polar surface area (TPSA) is 60.6 Å². The summed E-state index contributed by atoms with van der Waals surface area (Å²) >= 11 is 0. The summed E-state index contributed by atoms with van der Waals surface area (Å²) in [7, 11) is -2.73. The standard InChI is InChI=1S/C51H39N5Si/c52-51(56-48-30-16-12-26-44(48)45-27-13-17-31-49(45)56)54-50(53-36-55-46-28-14-10-24-42(46)43-25-11-15-29-47(43)55)37-32-34-41(35-33-37)57(38-18-4-1-5-19-38,39-20-6-2-7-21-39)40-22-8-3-9-23-40/h1-35H,36H2,(H2,52,53,54). The van der Waals surface area contributed by atoms with Gasteiger partial charge < -0.3 is 10.3 Å². The van der Waals surface area contributed by atoms with Crippen LogP contribution in [0.4, 0.5) is 0 Å². The lowest BCUT2D eigenvalue weighted by molar-refractivity contribution is 0.791. The van der Waals surface area contributed by atoms with E-state index < -0.39 is 8.07 Å². The summed E-state index contributed by atoms with van der Waals surface area (Å²) in [5.74, 6) is 0.924. The van der Waals surface area contributed by atoms with Crippen molar-refractivity contribution in [3.05, 3.63) is 218 Å². The third-order valence-electron chi connectivity index (χ3n) is 11.3. The number of nitrogens with zero attached hydrogens (tertiary/aromatic N) is 4.